The normalized spacial score (nSPS) is 15.6. The zero-order valence-corrected chi connectivity index (χ0v) is 16.3. The van der Waals surface area contributed by atoms with Crippen LogP contribution in [0, 0.1) is 12.8 Å². The van der Waals surface area contributed by atoms with E-state index in [0.717, 1.165) is 37.8 Å². The van der Waals surface area contributed by atoms with E-state index in [4.69, 9.17) is 4.74 Å². The zero-order valence-electron chi connectivity index (χ0n) is 16.3. The number of alkyl halides is 3. The third-order valence-corrected chi connectivity index (χ3v) is 5.54. The molecular weight excluding hydrogens is 385 g/mol. The molecule has 0 radical (unpaired) electrons. The Kier molecular flexibility index (Phi) is 6.62. The van der Waals surface area contributed by atoms with E-state index in [1.165, 1.54) is 23.1 Å². The molecule has 158 valence electrons. The molecule has 1 heterocycles. The lowest BCUT2D eigenvalue weighted by Gasteiger charge is -2.24. The van der Waals surface area contributed by atoms with Crippen molar-refractivity contribution in [2.75, 3.05) is 0 Å². The minimum Gasteiger partial charge on any atom is -0.356 e. The van der Waals surface area contributed by atoms with Gasteiger partial charge in [-0.15, -0.1) is 0 Å². The fourth-order valence-electron chi connectivity index (χ4n) is 3.82. The van der Waals surface area contributed by atoms with Gasteiger partial charge in [-0.3, -0.25) is 14.3 Å². The number of benzene rings is 1. The number of ether oxygens (including phenoxy) is 1. The van der Waals surface area contributed by atoms with Crippen molar-refractivity contribution in [3.63, 3.8) is 0 Å². The Labute approximate surface area is 166 Å². The summed E-state index contributed by atoms with van der Waals surface area (Å²) in [5.74, 6) is 0.435. The predicted molar refractivity (Wildman–Crippen MR) is 103 cm³/mol. The largest absolute Gasteiger partial charge is 0.416 e. The van der Waals surface area contributed by atoms with E-state index in [1.807, 2.05) is 0 Å². The highest BCUT2D eigenvalue weighted by Gasteiger charge is 2.29. The Morgan fingerprint density at radius 2 is 1.76 bits per heavy atom. The highest BCUT2D eigenvalue weighted by atomic mass is 19.4. The minimum atomic E-state index is -4.38. The predicted octanol–water partition coefficient (Wildman–Crippen LogP) is 4.16. The lowest BCUT2D eigenvalue weighted by Crippen LogP contribution is -2.36. The number of halogens is 3. The van der Waals surface area contributed by atoms with Crippen LogP contribution in [0.15, 0.2) is 33.9 Å². The molecule has 1 N–H and O–H groups in total. The summed E-state index contributed by atoms with van der Waals surface area (Å²) in [6.07, 6.45) is 1.94. The van der Waals surface area contributed by atoms with Crippen LogP contribution in [0.1, 0.15) is 54.5 Å². The average molecular weight is 410 g/mol. The van der Waals surface area contributed by atoms with Gasteiger partial charge in [0.1, 0.15) is 6.73 Å². The third kappa shape index (κ3) is 5.38. The molecule has 0 bridgehead atoms. The molecule has 0 aliphatic heterocycles. The number of nitrogens with zero attached hydrogens (tertiary/aromatic N) is 1. The second kappa shape index (κ2) is 8.98. The Morgan fingerprint density at radius 3 is 2.38 bits per heavy atom. The molecule has 1 aliphatic carbocycles. The van der Waals surface area contributed by atoms with Crippen LogP contribution in [0.3, 0.4) is 0 Å². The lowest BCUT2D eigenvalue weighted by molar-refractivity contribution is -0.137. The van der Waals surface area contributed by atoms with Crippen molar-refractivity contribution in [3.05, 3.63) is 67.5 Å². The Bertz CT molecular complexity index is 940. The summed E-state index contributed by atoms with van der Waals surface area (Å²) >= 11 is 0. The Balaban J connectivity index is 1.72. The number of aromatic amines is 1. The van der Waals surface area contributed by atoms with Crippen LogP contribution >= 0.6 is 0 Å². The first-order valence-corrected chi connectivity index (χ1v) is 9.82. The van der Waals surface area contributed by atoms with Crippen molar-refractivity contribution in [2.24, 2.45) is 5.92 Å². The fourth-order valence-corrected chi connectivity index (χ4v) is 3.82. The second-order valence-corrected chi connectivity index (χ2v) is 7.64. The van der Waals surface area contributed by atoms with Gasteiger partial charge in [-0.1, -0.05) is 44.2 Å². The fraction of sp³-hybridized carbons (Fsp3) is 0.524. The van der Waals surface area contributed by atoms with Crippen LogP contribution in [0.4, 0.5) is 13.2 Å². The maximum Gasteiger partial charge on any atom is 0.416 e. The number of H-pyrrole nitrogens is 1. The molecular formula is C21H25F3N2O3. The van der Waals surface area contributed by atoms with Crippen molar-refractivity contribution < 1.29 is 17.9 Å². The van der Waals surface area contributed by atoms with Crippen molar-refractivity contribution >= 4 is 0 Å². The number of nitrogens with one attached hydrogen (secondary N) is 1. The van der Waals surface area contributed by atoms with Crippen LogP contribution in [0.5, 0.6) is 0 Å². The first-order chi connectivity index (χ1) is 13.8. The molecule has 0 spiro atoms. The zero-order chi connectivity index (χ0) is 21.0. The van der Waals surface area contributed by atoms with E-state index in [2.05, 4.69) is 4.98 Å². The molecule has 1 aliphatic rings. The number of rotatable bonds is 6. The summed E-state index contributed by atoms with van der Waals surface area (Å²) in [6.45, 7) is 1.69. The SMILES string of the molecule is Cc1c(CC2CCCCC2)n(COCc2ccc(C(F)(F)F)cc2)c(=O)[nH]c1=O. The van der Waals surface area contributed by atoms with Gasteiger partial charge in [-0.05, 0) is 37.0 Å². The first kappa shape index (κ1) is 21.4. The van der Waals surface area contributed by atoms with Crippen LogP contribution in [0.2, 0.25) is 0 Å². The van der Waals surface area contributed by atoms with Crippen LogP contribution in [0.25, 0.3) is 0 Å². The maximum atomic E-state index is 12.6. The van der Waals surface area contributed by atoms with E-state index in [0.29, 0.717) is 29.2 Å². The Morgan fingerprint density at radius 1 is 1.10 bits per heavy atom. The van der Waals surface area contributed by atoms with Gasteiger partial charge in [-0.25, -0.2) is 4.79 Å². The molecule has 1 fully saturated rings. The molecule has 1 aromatic carbocycles. The van der Waals surface area contributed by atoms with E-state index in [9.17, 15) is 22.8 Å². The number of aromatic nitrogens is 2. The summed E-state index contributed by atoms with van der Waals surface area (Å²) in [7, 11) is 0. The van der Waals surface area contributed by atoms with Crippen molar-refractivity contribution in [3.8, 4) is 0 Å². The summed E-state index contributed by atoms with van der Waals surface area (Å²) in [6, 6.07) is 4.71. The van der Waals surface area contributed by atoms with Gasteiger partial charge in [0.2, 0.25) is 0 Å². The number of hydrogen-bond donors (Lipinski definition) is 1. The second-order valence-electron chi connectivity index (χ2n) is 7.64. The van der Waals surface area contributed by atoms with Crippen LogP contribution in [-0.2, 0) is 30.7 Å². The summed E-state index contributed by atoms with van der Waals surface area (Å²) in [5.41, 5.74) is 0.120. The smallest absolute Gasteiger partial charge is 0.356 e. The summed E-state index contributed by atoms with van der Waals surface area (Å²) in [4.78, 5) is 26.7. The quantitative estimate of drug-likeness (QED) is 0.778. The third-order valence-electron chi connectivity index (χ3n) is 5.54. The molecule has 29 heavy (non-hydrogen) atoms. The van der Waals surface area contributed by atoms with Gasteiger partial charge in [0.15, 0.2) is 0 Å². The van der Waals surface area contributed by atoms with Crippen molar-refractivity contribution in [1.29, 1.82) is 0 Å². The van der Waals surface area contributed by atoms with E-state index < -0.39 is 17.4 Å². The summed E-state index contributed by atoms with van der Waals surface area (Å²) in [5, 5.41) is 0. The molecule has 1 saturated carbocycles. The van der Waals surface area contributed by atoms with Crippen molar-refractivity contribution in [2.45, 2.75) is 65.0 Å². The molecule has 1 aromatic heterocycles. The van der Waals surface area contributed by atoms with Crippen LogP contribution < -0.4 is 11.2 Å². The molecule has 5 nitrogen and oxygen atoms in total. The molecule has 8 heteroatoms. The molecule has 0 unspecified atom stereocenters. The number of hydrogen-bond acceptors (Lipinski definition) is 3. The highest BCUT2D eigenvalue weighted by Crippen LogP contribution is 2.29. The minimum absolute atomic E-state index is 0.0611. The Hall–Kier alpha value is -2.35. The molecule has 0 atom stereocenters. The topological polar surface area (TPSA) is 64.1 Å². The highest BCUT2D eigenvalue weighted by molar-refractivity contribution is 5.24. The van der Waals surface area contributed by atoms with Gasteiger partial charge in [0, 0.05) is 11.3 Å². The summed E-state index contributed by atoms with van der Waals surface area (Å²) < 4.78 is 45.0. The molecule has 0 amide bonds. The maximum absolute atomic E-state index is 12.6. The molecule has 0 saturated heterocycles. The average Bonchev–Trinajstić information content (AvgIpc) is 2.68. The standard InChI is InChI=1S/C21H25F3N2O3/c1-14-18(11-15-5-3-2-4-6-15)26(20(28)25-19(14)27)13-29-12-16-7-9-17(10-8-16)21(22,23)24/h7-10,15H,2-6,11-13H2,1H3,(H,25,27,28). The van der Waals surface area contributed by atoms with E-state index >= 15 is 0 Å². The lowest BCUT2D eigenvalue weighted by atomic mass is 9.85. The van der Waals surface area contributed by atoms with Crippen molar-refractivity contribution in [1.82, 2.24) is 9.55 Å². The van der Waals surface area contributed by atoms with Gasteiger partial charge in [0.05, 0.1) is 12.2 Å². The van der Waals surface area contributed by atoms with Gasteiger partial charge in [0.25, 0.3) is 5.56 Å². The van der Waals surface area contributed by atoms with Gasteiger partial charge >= 0.3 is 11.9 Å². The molecule has 3 rings (SSSR count). The van der Waals surface area contributed by atoms with E-state index in [1.54, 1.807) is 6.92 Å². The first-order valence-electron chi connectivity index (χ1n) is 9.82. The molecule has 2 aromatic rings. The van der Waals surface area contributed by atoms with E-state index in [-0.39, 0.29) is 18.9 Å². The monoisotopic (exact) mass is 410 g/mol. The van der Waals surface area contributed by atoms with Gasteiger partial charge < -0.3 is 4.74 Å². The van der Waals surface area contributed by atoms with Crippen LogP contribution in [-0.4, -0.2) is 9.55 Å². The van der Waals surface area contributed by atoms with Gasteiger partial charge in [-0.2, -0.15) is 13.2 Å².